The van der Waals surface area contributed by atoms with E-state index in [-0.39, 0.29) is 36.6 Å². The molecule has 0 aliphatic carbocycles. The molecule has 26 heteroatoms. The minimum Gasteiger partial charge on any atom is -0.508 e. The molecule has 2 rings (SSSR count). The number of phenols is 1. The fourth-order valence-corrected chi connectivity index (χ4v) is 6.46. The van der Waals surface area contributed by atoms with E-state index in [1.54, 1.807) is 0 Å². The highest BCUT2D eigenvalue weighted by atomic mass is 32.1. The van der Waals surface area contributed by atoms with Crippen LogP contribution in [0.15, 0.2) is 24.3 Å². The fourth-order valence-electron chi connectivity index (χ4n) is 6.05. The number of carbonyl (C=O) groups is 9. The largest absolute Gasteiger partial charge is 0.508 e. The van der Waals surface area contributed by atoms with Crippen LogP contribution in [-0.2, 0) is 49.6 Å². The van der Waals surface area contributed by atoms with Crippen LogP contribution in [0.4, 0.5) is 0 Å². The van der Waals surface area contributed by atoms with Crippen molar-refractivity contribution in [1.29, 1.82) is 0 Å². The molecule has 0 aromatic heterocycles. The maximum Gasteiger partial charge on any atom is 0.327 e. The second-order valence-electron chi connectivity index (χ2n) is 14.7. The average Bonchev–Trinajstić information content (AvgIpc) is 3.74. The van der Waals surface area contributed by atoms with Gasteiger partial charge in [0.05, 0.1) is 31.5 Å². The van der Waals surface area contributed by atoms with Crippen LogP contribution in [0.2, 0.25) is 0 Å². The standard InChI is InChI=1S/C37H57N9O15S2/c1-16(36(59)46-10-4-5-26(46)33(56)40-22(11-19-6-8-20(51)9-7-19)30(53)43-25(15-63)37(60)61)39-31(54)23(12-47)41-35(58)28(18(3)50)45-32(55)24(13-48)42-34(57)27(17(2)49)44-29(52)21(38)14-62/h6-9,16-18,21-28,47-51,62-63H,4-5,10-15,38H2,1-3H3,(H,39,54)(H,40,56)(H,41,58)(H,42,57)(H,43,53)(H,44,52)(H,45,55)(H,60,61)/t16-,17+,18+,21-,22-,23-,24-,25-,26-,27-,28-/m0/s1. The van der Waals surface area contributed by atoms with Gasteiger partial charge < -0.3 is 78.5 Å². The fraction of sp³-hybridized carbons (Fsp3) is 0.595. The van der Waals surface area contributed by atoms with Crippen LogP contribution in [-0.4, -0.2) is 187 Å². The summed E-state index contributed by atoms with van der Waals surface area (Å²) in [5.41, 5.74) is 6.08. The zero-order chi connectivity index (χ0) is 47.7. The summed E-state index contributed by atoms with van der Waals surface area (Å²) in [5, 5.41) is 75.1. The van der Waals surface area contributed by atoms with Crippen LogP contribution in [0.3, 0.4) is 0 Å². The molecule has 1 heterocycles. The van der Waals surface area contributed by atoms with Crippen molar-refractivity contribution >= 4 is 78.5 Å². The molecule has 63 heavy (non-hydrogen) atoms. The topological polar surface area (TPSA) is 388 Å². The van der Waals surface area contributed by atoms with Gasteiger partial charge in [0.2, 0.25) is 47.3 Å². The number of aliphatic carboxylic acids is 1. The zero-order valence-electron chi connectivity index (χ0n) is 34.6. The van der Waals surface area contributed by atoms with Crippen molar-refractivity contribution in [3.8, 4) is 5.75 Å². The van der Waals surface area contributed by atoms with E-state index < -0.39 is 133 Å². The molecule has 1 fully saturated rings. The highest BCUT2D eigenvalue weighted by Gasteiger charge is 2.40. The van der Waals surface area contributed by atoms with Crippen LogP contribution in [0.25, 0.3) is 0 Å². The summed E-state index contributed by atoms with van der Waals surface area (Å²) in [7, 11) is 0. The first-order valence-corrected chi connectivity index (χ1v) is 20.9. The molecule has 1 aliphatic rings. The quantitative estimate of drug-likeness (QED) is 0.0429. The molecule has 24 nitrogen and oxygen atoms in total. The minimum absolute atomic E-state index is 0.0520. The predicted molar refractivity (Wildman–Crippen MR) is 227 cm³/mol. The molecule has 0 bridgehead atoms. The van der Waals surface area contributed by atoms with Crippen molar-refractivity contribution in [3.05, 3.63) is 29.8 Å². The number of rotatable bonds is 24. The Kier molecular flexibility index (Phi) is 22.0. The van der Waals surface area contributed by atoms with Gasteiger partial charge in [-0.2, -0.15) is 25.3 Å². The average molecular weight is 932 g/mol. The van der Waals surface area contributed by atoms with E-state index in [4.69, 9.17) is 5.73 Å². The van der Waals surface area contributed by atoms with Gasteiger partial charge in [-0.05, 0) is 51.3 Å². The zero-order valence-corrected chi connectivity index (χ0v) is 36.4. The number of thiol groups is 2. The van der Waals surface area contributed by atoms with E-state index in [0.29, 0.717) is 12.0 Å². The van der Waals surface area contributed by atoms with Gasteiger partial charge in [-0.15, -0.1) is 0 Å². The first-order valence-electron chi connectivity index (χ1n) is 19.6. The number of carbonyl (C=O) groups excluding carboxylic acids is 8. The Balaban J connectivity index is 2.13. The van der Waals surface area contributed by atoms with Crippen molar-refractivity contribution < 1.29 is 73.8 Å². The second kappa shape index (κ2) is 25.8. The van der Waals surface area contributed by atoms with Gasteiger partial charge in [0.25, 0.3) is 0 Å². The number of hydrogen-bond acceptors (Lipinski definition) is 17. The van der Waals surface area contributed by atoms with E-state index >= 15 is 0 Å². The molecule has 1 aromatic rings. The highest BCUT2D eigenvalue weighted by Crippen LogP contribution is 2.20. The Morgan fingerprint density at radius 3 is 1.62 bits per heavy atom. The third-order valence-corrected chi connectivity index (χ3v) is 10.4. The molecule has 0 spiro atoms. The first-order chi connectivity index (χ1) is 29.6. The molecule has 0 unspecified atom stereocenters. The lowest BCUT2D eigenvalue weighted by molar-refractivity contribution is -0.143. The number of amides is 8. The number of carboxylic acid groups (broad SMARTS) is 1. The molecule has 0 radical (unpaired) electrons. The molecule has 8 amide bonds. The summed E-state index contributed by atoms with van der Waals surface area (Å²) in [5.74, 6) is -9.72. The van der Waals surface area contributed by atoms with E-state index in [0.717, 1.165) is 18.7 Å². The number of aliphatic hydroxyl groups excluding tert-OH is 4. The second-order valence-corrected chi connectivity index (χ2v) is 15.4. The third-order valence-electron chi connectivity index (χ3n) is 9.66. The maximum atomic E-state index is 13.6. The van der Waals surface area contributed by atoms with Gasteiger partial charge in [-0.1, -0.05) is 12.1 Å². The third kappa shape index (κ3) is 16.1. The number of likely N-dealkylation sites (tertiary alicyclic amines) is 1. The molecular weight excluding hydrogens is 875 g/mol. The number of aromatic hydroxyl groups is 1. The van der Waals surface area contributed by atoms with Crippen LogP contribution in [0, 0.1) is 0 Å². The Bertz CT molecular complexity index is 1790. The van der Waals surface area contributed by atoms with Gasteiger partial charge in [0.15, 0.2) is 0 Å². The molecule has 1 aromatic carbocycles. The summed E-state index contributed by atoms with van der Waals surface area (Å²) >= 11 is 7.84. The van der Waals surface area contributed by atoms with Crippen molar-refractivity contribution in [1.82, 2.24) is 42.1 Å². The van der Waals surface area contributed by atoms with Crippen LogP contribution < -0.4 is 43.0 Å². The number of nitrogens with zero attached hydrogens (tertiary/aromatic N) is 1. The van der Waals surface area contributed by atoms with Gasteiger partial charge in [0.1, 0.15) is 54.1 Å². The molecule has 1 saturated heterocycles. The lowest BCUT2D eigenvalue weighted by Crippen LogP contribution is -2.63. The number of aliphatic hydroxyl groups is 4. The molecule has 352 valence electrons. The SMILES string of the molecule is C[C@H](NC(=O)[C@H](CO)NC(=O)[C@@H](NC(=O)[C@H](CO)NC(=O)[C@@H](NC(=O)[C@@H](N)CS)[C@@H](C)O)[C@@H](C)O)C(=O)N1CCC[C@H]1C(=O)N[C@@H](Cc1ccc(O)cc1)C(=O)N[C@@H](CS)C(=O)O. The highest BCUT2D eigenvalue weighted by molar-refractivity contribution is 7.80. The lowest BCUT2D eigenvalue weighted by atomic mass is 10.0. The van der Waals surface area contributed by atoms with Gasteiger partial charge in [0, 0.05) is 24.5 Å². The lowest BCUT2D eigenvalue weighted by Gasteiger charge is -2.30. The van der Waals surface area contributed by atoms with Crippen LogP contribution in [0.5, 0.6) is 5.75 Å². The maximum absolute atomic E-state index is 13.6. The van der Waals surface area contributed by atoms with E-state index in [9.17, 15) is 73.8 Å². The predicted octanol–water partition coefficient (Wildman–Crippen LogP) is -6.64. The molecular formula is C37H57N9O15S2. The number of hydrogen-bond donors (Lipinski definition) is 16. The number of nitrogens with one attached hydrogen (secondary N) is 7. The summed E-state index contributed by atoms with van der Waals surface area (Å²) in [6.45, 7) is 1.44. The van der Waals surface area contributed by atoms with Gasteiger partial charge >= 0.3 is 5.97 Å². The summed E-state index contributed by atoms with van der Waals surface area (Å²) in [4.78, 5) is 118. The molecule has 15 N–H and O–H groups in total. The van der Waals surface area contributed by atoms with E-state index in [1.165, 1.54) is 31.2 Å². The Morgan fingerprint density at radius 2 is 1.16 bits per heavy atom. The van der Waals surface area contributed by atoms with Crippen molar-refractivity contribution in [3.63, 3.8) is 0 Å². The van der Waals surface area contributed by atoms with E-state index in [2.05, 4.69) is 62.5 Å². The first kappa shape index (κ1) is 53.9. The molecule has 11 atom stereocenters. The Labute approximate surface area is 372 Å². The minimum atomic E-state index is -1.86. The number of carboxylic acids is 1. The van der Waals surface area contributed by atoms with Crippen molar-refractivity contribution in [2.75, 3.05) is 31.3 Å². The van der Waals surface area contributed by atoms with Crippen LogP contribution >= 0.6 is 25.3 Å². The monoisotopic (exact) mass is 931 g/mol. The van der Waals surface area contributed by atoms with Crippen LogP contribution in [0.1, 0.15) is 39.2 Å². The summed E-state index contributed by atoms with van der Waals surface area (Å²) < 4.78 is 0. The van der Waals surface area contributed by atoms with Gasteiger partial charge in [-0.25, -0.2) is 4.79 Å². The number of nitrogens with two attached hydrogens (primary N) is 1. The summed E-state index contributed by atoms with van der Waals surface area (Å²) in [6, 6.07) is -7.77. The number of benzene rings is 1. The Hall–Kier alpha value is -5.25. The number of phenolic OH excluding ortho intramolecular Hbond substituents is 1. The molecule has 0 saturated carbocycles. The van der Waals surface area contributed by atoms with Crippen molar-refractivity contribution in [2.45, 2.75) is 107 Å². The van der Waals surface area contributed by atoms with Gasteiger partial charge in [-0.3, -0.25) is 38.4 Å². The molecule has 1 aliphatic heterocycles. The Morgan fingerprint density at radius 1 is 0.683 bits per heavy atom. The van der Waals surface area contributed by atoms with E-state index in [1.807, 2.05) is 0 Å². The normalized spacial score (nSPS) is 18.3. The smallest absolute Gasteiger partial charge is 0.327 e. The summed E-state index contributed by atoms with van der Waals surface area (Å²) in [6.07, 6.45) is -2.83. The van der Waals surface area contributed by atoms with Crippen molar-refractivity contribution in [2.24, 2.45) is 5.73 Å².